The van der Waals surface area contributed by atoms with Gasteiger partial charge in [0, 0.05) is 37.9 Å². The number of ether oxygens (including phenoxy) is 1. The highest BCUT2D eigenvalue weighted by atomic mass is 16.5. The van der Waals surface area contributed by atoms with Gasteiger partial charge in [-0.15, -0.1) is 0 Å². The molecule has 0 radical (unpaired) electrons. The van der Waals surface area contributed by atoms with Crippen molar-refractivity contribution in [2.24, 2.45) is 11.5 Å². The molecule has 5 nitrogen and oxygen atoms in total. The molecule has 0 spiro atoms. The predicted molar refractivity (Wildman–Crippen MR) is 77.2 cm³/mol. The summed E-state index contributed by atoms with van der Waals surface area (Å²) in [6, 6.07) is 0.694. The van der Waals surface area contributed by atoms with Crippen molar-refractivity contribution in [3.05, 3.63) is 23.7 Å². The van der Waals surface area contributed by atoms with Crippen LogP contribution in [0.1, 0.15) is 19.8 Å². The second kappa shape index (κ2) is 6.82. The molecule has 4 N–H and O–H groups in total. The molecule has 0 bridgehead atoms. The molecule has 19 heavy (non-hydrogen) atoms. The molecule has 5 heteroatoms. The molecule has 2 rings (SSSR count). The number of likely N-dealkylation sites (tertiary alicyclic amines) is 1. The normalized spacial score (nSPS) is 24.8. The summed E-state index contributed by atoms with van der Waals surface area (Å²) >= 11 is 0. The summed E-state index contributed by atoms with van der Waals surface area (Å²) in [5, 5.41) is 0. The Morgan fingerprint density at radius 1 is 1.05 bits per heavy atom. The van der Waals surface area contributed by atoms with Crippen molar-refractivity contribution in [1.82, 2.24) is 9.80 Å². The van der Waals surface area contributed by atoms with Crippen LogP contribution in [0.25, 0.3) is 0 Å². The summed E-state index contributed by atoms with van der Waals surface area (Å²) in [5.74, 6) is 0.824. The molecule has 0 saturated carbocycles. The van der Waals surface area contributed by atoms with Gasteiger partial charge in [-0.3, -0.25) is 4.90 Å². The summed E-state index contributed by atoms with van der Waals surface area (Å²) in [6.07, 6.45) is 6.13. The minimum atomic E-state index is 0.694. The van der Waals surface area contributed by atoms with Crippen molar-refractivity contribution in [3.8, 4) is 0 Å². The van der Waals surface area contributed by atoms with E-state index in [1.165, 1.54) is 12.8 Å². The van der Waals surface area contributed by atoms with Gasteiger partial charge in [0.2, 0.25) is 0 Å². The molecule has 0 aromatic rings. The van der Waals surface area contributed by atoms with E-state index in [4.69, 9.17) is 16.2 Å². The summed E-state index contributed by atoms with van der Waals surface area (Å²) in [7, 11) is 0. The lowest BCUT2D eigenvalue weighted by molar-refractivity contribution is 0.00334. The summed E-state index contributed by atoms with van der Waals surface area (Å²) in [6.45, 7) is 7.83. The molecule has 0 atom stereocenters. The summed E-state index contributed by atoms with van der Waals surface area (Å²) in [4.78, 5) is 4.81. The molecule has 108 valence electrons. The second-order valence-corrected chi connectivity index (χ2v) is 5.37. The number of nitrogens with two attached hydrogens (primary N) is 2. The van der Waals surface area contributed by atoms with E-state index >= 15 is 0 Å². The first-order chi connectivity index (χ1) is 9.16. The molecule has 2 aliphatic rings. The molecule has 2 fully saturated rings. The largest absolute Gasteiger partial charge is 0.402 e. The van der Waals surface area contributed by atoms with Crippen molar-refractivity contribution < 1.29 is 4.74 Å². The van der Waals surface area contributed by atoms with Crippen LogP contribution >= 0.6 is 0 Å². The predicted octanol–water partition coefficient (Wildman–Crippen LogP) is 0.446. The van der Waals surface area contributed by atoms with E-state index < -0.39 is 0 Å². The average Bonchev–Trinajstić information content (AvgIpc) is 2.46. The van der Waals surface area contributed by atoms with E-state index in [0.29, 0.717) is 6.04 Å². The van der Waals surface area contributed by atoms with E-state index in [-0.39, 0.29) is 0 Å². The number of piperidine rings is 1. The van der Waals surface area contributed by atoms with Gasteiger partial charge in [-0.05, 0) is 31.9 Å². The van der Waals surface area contributed by atoms with Gasteiger partial charge >= 0.3 is 0 Å². The number of nitrogens with zero attached hydrogens (tertiary/aromatic N) is 2. The van der Waals surface area contributed by atoms with Crippen molar-refractivity contribution >= 4 is 0 Å². The lowest BCUT2D eigenvalue weighted by atomic mass is 10.0. The van der Waals surface area contributed by atoms with Crippen LogP contribution in [-0.4, -0.2) is 55.2 Å². The number of rotatable bonds is 3. The summed E-state index contributed by atoms with van der Waals surface area (Å²) < 4.78 is 5.40. The van der Waals surface area contributed by atoms with Gasteiger partial charge in [0.25, 0.3) is 0 Å². The smallest absolute Gasteiger partial charge is 0.0987 e. The minimum Gasteiger partial charge on any atom is -0.402 e. The Morgan fingerprint density at radius 2 is 1.68 bits per heavy atom. The highest BCUT2D eigenvalue weighted by Crippen LogP contribution is 2.19. The topological polar surface area (TPSA) is 67.8 Å². The average molecular weight is 266 g/mol. The minimum absolute atomic E-state index is 0.694. The van der Waals surface area contributed by atoms with Gasteiger partial charge in [0.15, 0.2) is 0 Å². The van der Waals surface area contributed by atoms with Crippen LogP contribution in [0.15, 0.2) is 23.7 Å². The van der Waals surface area contributed by atoms with Crippen molar-refractivity contribution in [2.45, 2.75) is 25.8 Å². The highest BCUT2D eigenvalue weighted by molar-refractivity contribution is 5.12. The number of hydrogen-bond donors (Lipinski definition) is 2. The van der Waals surface area contributed by atoms with E-state index in [9.17, 15) is 0 Å². The zero-order valence-electron chi connectivity index (χ0n) is 11.8. The quantitative estimate of drug-likeness (QED) is 0.726. The Bertz CT molecular complexity index is 335. The van der Waals surface area contributed by atoms with Crippen LogP contribution < -0.4 is 11.5 Å². The van der Waals surface area contributed by atoms with Crippen molar-refractivity contribution in [3.63, 3.8) is 0 Å². The van der Waals surface area contributed by atoms with Gasteiger partial charge in [0.1, 0.15) is 0 Å². The van der Waals surface area contributed by atoms with Crippen molar-refractivity contribution in [2.75, 3.05) is 39.4 Å². The molecule has 2 aliphatic heterocycles. The molecular weight excluding hydrogens is 240 g/mol. The third-order valence-electron chi connectivity index (χ3n) is 3.91. The lowest BCUT2D eigenvalue weighted by Gasteiger charge is -2.40. The Morgan fingerprint density at radius 3 is 2.26 bits per heavy atom. The van der Waals surface area contributed by atoms with Crippen LogP contribution in [0.5, 0.6) is 0 Å². The fourth-order valence-corrected chi connectivity index (χ4v) is 2.75. The van der Waals surface area contributed by atoms with Crippen LogP contribution in [-0.2, 0) is 4.74 Å². The molecule has 0 aliphatic carbocycles. The maximum absolute atomic E-state index is 6.07. The molecular formula is C14H26N4O. The number of morpholine rings is 1. The third-order valence-corrected chi connectivity index (χ3v) is 3.91. The highest BCUT2D eigenvalue weighted by Gasteiger charge is 2.25. The maximum Gasteiger partial charge on any atom is 0.0987 e. The standard InChI is InChI=1S/C14H26N4O/c1-12(15)2-3-14(16)18-6-4-13(5-7-18)17-8-10-19-11-9-17/h2-3,13H,4-11,15-16H2,1H3/b12-2-,14-3+. The van der Waals surface area contributed by atoms with Gasteiger partial charge in [-0.2, -0.15) is 0 Å². The van der Waals surface area contributed by atoms with Gasteiger partial charge < -0.3 is 21.1 Å². The first-order valence-electron chi connectivity index (χ1n) is 7.13. The molecule has 2 heterocycles. The second-order valence-electron chi connectivity index (χ2n) is 5.37. The zero-order chi connectivity index (χ0) is 13.7. The van der Waals surface area contributed by atoms with Crippen LogP contribution in [0, 0.1) is 0 Å². The van der Waals surface area contributed by atoms with Crippen LogP contribution in [0.4, 0.5) is 0 Å². The first-order valence-corrected chi connectivity index (χ1v) is 7.13. The Labute approximate surface area is 115 Å². The van der Waals surface area contributed by atoms with Crippen molar-refractivity contribution in [1.29, 1.82) is 0 Å². The van der Waals surface area contributed by atoms with Crippen LogP contribution in [0.3, 0.4) is 0 Å². The molecule has 0 unspecified atom stereocenters. The lowest BCUT2D eigenvalue weighted by Crippen LogP contribution is -2.49. The van der Waals surface area contributed by atoms with Gasteiger partial charge in [-0.25, -0.2) is 0 Å². The Hall–Kier alpha value is -1.20. The Kier molecular flexibility index (Phi) is 5.10. The molecule has 0 aromatic carbocycles. The molecule has 0 amide bonds. The number of hydrogen-bond acceptors (Lipinski definition) is 5. The van der Waals surface area contributed by atoms with E-state index in [2.05, 4.69) is 9.80 Å². The van der Waals surface area contributed by atoms with Gasteiger partial charge in [-0.1, -0.05) is 0 Å². The monoisotopic (exact) mass is 266 g/mol. The Balaban J connectivity index is 1.81. The zero-order valence-corrected chi connectivity index (χ0v) is 11.8. The van der Waals surface area contributed by atoms with E-state index in [0.717, 1.165) is 50.9 Å². The van der Waals surface area contributed by atoms with Gasteiger partial charge in [0.05, 0.1) is 19.0 Å². The fourth-order valence-electron chi connectivity index (χ4n) is 2.75. The third kappa shape index (κ3) is 4.14. The summed E-state index contributed by atoms with van der Waals surface area (Å²) in [5.41, 5.74) is 12.5. The number of allylic oxidation sites excluding steroid dienone is 3. The fraction of sp³-hybridized carbons (Fsp3) is 0.714. The SMILES string of the molecule is C/C(N)=C/C=C(\N)N1CCC(N2CCOCC2)CC1. The maximum atomic E-state index is 6.07. The van der Waals surface area contributed by atoms with E-state index in [1.807, 2.05) is 19.1 Å². The van der Waals surface area contributed by atoms with E-state index in [1.54, 1.807) is 0 Å². The molecule has 2 saturated heterocycles. The first kappa shape index (κ1) is 14.2. The van der Waals surface area contributed by atoms with Crippen LogP contribution in [0.2, 0.25) is 0 Å². The molecule has 0 aromatic heterocycles.